The molecule has 17 heavy (non-hydrogen) atoms. The fraction of sp³-hybridized carbons (Fsp3) is 0.417. The minimum absolute atomic E-state index is 0.110. The van der Waals surface area contributed by atoms with Crippen molar-refractivity contribution in [2.24, 2.45) is 0 Å². The van der Waals surface area contributed by atoms with E-state index in [1.54, 1.807) is 13.8 Å². The van der Waals surface area contributed by atoms with Crippen molar-refractivity contribution in [3.8, 4) is 0 Å². The maximum Gasteiger partial charge on any atom is 0.308 e. The third kappa shape index (κ3) is 3.27. The number of allylic oxidation sites excluding steroid dienone is 1. The average molecular weight is 238 g/mol. The molecule has 0 aromatic carbocycles. The van der Waals surface area contributed by atoms with Crippen molar-refractivity contribution < 1.29 is 23.9 Å². The van der Waals surface area contributed by atoms with E-state index in [0.717, 1.165) is 0 Å². The largest absolute Gasteiger partial charge is 0.451 e. The molecule has 0 bridgehead atoms. The molecule has 5 nitrogen and oxygen atoms in total. The molecule has 0 aromatic heterocycles. The average Bonchev–Trinajstić information content (AvgIpc) is 2.10. The zero-order valence-corrected chi connectivity index (χ0v) is 10.2. The molecule has 0 fully saturated rings. The molecule has 0 radical (unpaired) electrons. The predicted molar refractivity (Wildman–Crippen MR) is 58.8 cm³/mol. The summed E-state index contributed by atoms with van der Waals surface area (Å²) in [6.07, 6.45) is 2.84. The van der Waals surface area contributed by atoms with E-state index in [0.29, 0.717) is 5.57 Å². The maximum absolute atomic E-state index is 11.7. The van der Waals surface area contributed by atoms with E-state index >= 15 is 0 Å². The number of ketones is 1. The molecule has 1 aliphatic rings. The van der Waals surface area contributed by atoms with Crippen molar-refractivity contribution >= 4 is 17.7 Å². The second-order valence-corrected chi connectivity index (χ2v) is 4.04. The zero-order valence-electron chi connectivity index (χ0n) is 10.2. The molecule has 0 spiro atoms. The Morgan fingerprint density at radius 3 is 2.24 bits per heavy atom. The third-order valence-electron chi connectivity index (χ3n) is 2.12. The summed E-state index contributed by atoms with van der Waals surface area (Å²) in [6.45, 7) is 5.64. The number of hydrogen-bond acceptors (Lipinski definition) is 5. The summed E-state index contributed by atoms with van der Waals surface area (Å²) in [6, 6.07) is 0. The predicted octanol–water partition coefficient (Wildman–Crippen LogP) is 1.28. The van der Waals surface area contributed by atoms with Gasteiger partial charge in [-0.1, -0.05) is 0 Å². The number of esters is 2. The number of carbonyl (C=O) groups is 3. The molecule has 0 aliphatic heterocycles. The fourth-order valence-corrected chi connectivity index (χ4v) is 1.66. The minimum Gasteiger partial charge on any atom is -0.451 e. The molecular formula is C12H14O5. The van der Waals surface area contributed by atoms with Crippen molar-refractivity contribution in [1.29, 1.82) is 0 Å². The summed E-state index contributed by atoms with van der Waals surface area (Å²) in [5.74, 6) is -1.57. The SMILES string of the molecule is CC(=O)OC1=CC(C)(OC(C)=O)C=C(C)C1=O. The summed E-state index contributed by atoms with van der Waals surface area (Å²) in [4.78, 5) is 33.5. The van der Waals surface area contributed by atoms with Gasteiger partial charge in [-0.3, -0.25) is 14.4 Å². The summed E-state index contributed by atoms with van der Waals surface area (Å²) >= 11 is 0. The molecule has 0 heterocycles. The first-order valence-corrected chi connectivity index (χ1v) is 5.08. The van der Waals surface area contributed by atoms with Crippen LogP contribution in [0.4, 0.5) is 0 Å². The standard InChI is InChI=1S/C12H14O5/c1-7-5-12(4,17-9(3)14)6-10(11(7)15)16-8(2)13/h5-6H,1-4H3. The maximum atomic E-state index is 11.7. The molecule has 0 aromatic rings. The van der Waals surface area contributed by atoms with Crippen LogP contribution in [0.25, 0.3) is 0 Å². The van der Waals surface area contributed by atoms with E-state index < -0.39 is 17.5 Å². The molecule has 1 atom stereocenters. The molecule has 0 amide bonds. The Balaban J connectivity index is 3.08. The Bertz CT molecular complexity index is 444. The third-order valence-corrected chi connectivity index (χ3v) is 2.12. The number of rotatable bonds is 2. The summed E-state index contributed by atoms with van der Waals surface area (Å²) in [5.41, 5.74) is -0.693. The Labute approximate surface area is 99.1 Å². The summed E-state index contributed by atoms with van der Waals surface area (Å²) < 4.78 is 9.87. The number of ether oxygens (including phenoxy) is 2. The molecule has 1 unspecified atom stereocenters. The molecule has 1 aliphatic carbocycles. The Kier molecular flexibility index (Phi) is 3.50. The van der Waals surface area contributed by atoms with Gasteiger partial charge in [0.05, 0.1) is 0 Å². The number of Topliss-reactive ketones (excluding diaryl/α,β-unsaturated/α-hetero) is 1. The lowest BCUT2D eigenvalue weighted by molar-refractivity contribution is -0.148. The van der Waals surface area contributed by atoms with E-state index in [4.69, 9.17) is 9.47 Å². The lowest BCUT2D eigenvalue weighted by Gasteiger charge is -2.27. The quantitative estimate of drug-likeness (QED) is 0.678. The normalized spacial score (nSPS) is 23.6. The van der Waals surface area contributed by atoms with Gasteiger partial charge >= 0.3 is 11.9 Å². The van der Waals surface area contributed by atoms with Crippen molar-refractivity contribution in [2.45, 2.75) is 33.3 Å². The van der Waals surface area contributed by atoms with Crippen molar-refractivity contribution in [3.63, 3.8) is 0 Å². The van der Waals surface area contributed by atoms with Gasteiger partial charge in [0.1, 0.15) is 0 Å². The van der Waals surface area contributed by atoms with Gasteiger partial charge in [0.15, 0.2) is 11.4 Å². The first kappa shape index (κ1) is 13.2. The summed E-state index contributed by atoms with van der Waals surface area (Å²) in [5, 5.41) is 0. The zero-order chi connectivity index (χ0) is 13.2. The highest BCUT2D eigenvalue weighted by atomic mass is 16.6. The van der Waals surface area contributed by atoms with Gasteiger partial charge in [-0.05, 0) is 19.9 Å². The van der Waals surface area contributed by atoms with Crippen LogP contribution in [-0.2, 0) is 23.9 Å². The van der Waals surface area contributed by atoms with Gasteiger partial charge in [0, 0.05) is 25.5 Å². The van der Waals surface area contributed by atoms with Gasteiger partial charge in [-0.15, -0.1) is 0 Å². The fourth-order valence-electron chi connectivity index (χ4n) is 1.66. The van der Waals surface area contributed by atoms with Crippen LogP contribution in [0.1, 0.15) is 27.7 Å². The van der Waals surface area contributed by atoms with Crippen LogP contribution < -0.4 is 0 Å². The van der Waals surface area contributed by atoms with Gasteiger partial charge in [-0.2, -0.15) is 0 Å². The van der Waals surface area contributed by atoms with Gasteiger partial charge in [-0.25, -0.2) is 0 Å². The molecule has 1 rings (SSSR count). The smallest absolute Gasteiger partial charge is 0.308 e. The van der Waals surface area contributed by atoms with Crippen LogP contribution in [-0.4, -0.2) is 23.3 Å². The second kappa shape index (κ2) is 4.53. The van der Waals surface area contributed by atoms with Gasteiger partial charge in [0.2, 0.25) is 5.78 Å². The van der Waals surface area contributed by atoms with E-state index in [1.807, 2.05) is 0 Å². The molecule has 5 heteroatoms. The Morgan fingerprint density at radius 1 is 1.18 bits per heavy atom. The highest BCUT2D eigenvalue weighted by molar-refractivity contribution is 6.08. The molecule has 0 saturated heterocycles. The van der Waals surface area contributed by atoms with Crippen LogP contribution in [0.3, 0.4) is 0 Å². The monoisotopic (exact) mass is 238 g/mol. The van der Waals surface area contributed by atoms with E-state index in [1.165, 1.54) is 26.0 Å². The number of carbonyl (C=O) groups excluding carboxylic acids is 3. The number of hydrogen-bond donors (Lipinski definition) is 0. The van der Waals surface area contributed by atoms with Crippen LogP contribution in [0, 0.1) is 0 Å². The molecule has 92 valence electrons. The second-order valence-electron chi connectivity index (χ2n) is 4.04. The topological polar surface area (TPSA) is 69.7 Å². The van der Waals surface area contributed by atoms with Gasteiger partial charge in [0.25, 0.3) is 0 Å². The van der Waals surface area contributed by atoms with Crippen molar-refractivity contribution in [1.82, 2.24) is 0 Å². The van der Waals surface area contributed by atoms with Crippen LogP contribution in [0.15, 0.2) is 23.5 Å². The first-order valence-electron chi connectivity index (χ1n) is 5.08. The first-order chi connectivity index (χ1) is 7.73. The minimum atomic E-state index is -1.06. The highest BCUT2D eigenvalue weighted by Gasteiger charge is 2.32. The van der Waals surface area contributed by atoms with Crippen molar-refractivity contribution in [2.75, 3.05) is 0 Å². The summed E-state index contributed by atoms with van der Waals surface area (Å²) in [7, 11) is 0. The van der Waals surface area contributed by atoms with E-state index in [9.17, 15) is 14.4 Å². The Morgan fingerprint density at radius 2 is 1.76 bits per heavy atom. The van der Waals surface area contributed by atoms with Crippen LogP contribution in [0.2, 0.25) is 0 Å². The lowest BCUT2D eigenvalue weighted by atomic mass is 9.93. The van der Waals surface area contributed by atoms with E-state index in [-0.39, 0.29) is 11.5 Å². The van der Waals surface area contributed by atoms with Crippen molar-refractivity contribution in [3.05, 3.63) is 23.5 Å². The van der Waals surface area contributed by atoms with Crippen LogP contribution in [0.5, 0.6) is 0 Å². The molecule has 0 N–H and O–H groups in total. The van der Waals surface area contributed by atoms with E-state index in [2.05, 4.69) is 0 Å². The lowest BCUT2D eigenvalue weighted by Crippen LogP contribution is -2.32. The Hall–Kier alpha value is -1.91. The molecule has 0 saturated carbocycles. The van der Waals surface area contributed by atoms with Crippen LogP contribution >= 0.6 is 0 Å². The molecular weight excluding hydrogens is 224 g/mol. The van der Waals surface area contributed by atoms with Gasteiger partial charge < -0.3 is 9.47 Å². The highest BCUT2D eigenvalue weighted by Crippen LogP contribution is 2.26.